The second kappa shape index (κ2) is 5.90. The van der Waals surface area contributed by atoms with Gasteiger partial charge in [0.25, 0.3) is 0 Å². The van der Waals surface area contributed by atoms with Crippen molar-refractivity contribution in [2.75, 3.05) is 11.9 Å². The highest BCUT2D eigenvalue weighted by Crippen LogP contribution is 2.25. The minimum Gasteiger partial charge on any atom is -0.383 e. The van der Waals surface area contributed by atoms with Gasteiger partial charge in [-0.1, -0.05) is 37.5 Å². The Morgan fingerprint density at radius 3 is 2.50 bits per heavy atom. The number of nitrogens with two attached hydrogens (primary N) is 1. The third kappa shape index (κ3) is 3.24. The molecule has 2 heteroatoms. The third-order valence-electron chi connectivity index (χ3n) is 3.57. The highest BCUT2D eigenvalue weighted by atomic mass is 14.9. The monoisotopic (exact) mass is 218 g/mol. The van der Waals surface area contributed by atoms with Crippen molar-refractivity contribution in [3.63, 3.8) is 0 Å². The van der Waals surface area contributed by atoms with Crippen molar-refractivity contribution < 1.29 is 0 Å². The lowest BCUT2D eigenvalue weighted by Crippen LogP contribution is -2.37. The molecule has 16 heavy (non-hydrogen) atoms. The molecule has 1 unspecified atom stereocenters. The molecular formula is C14H22N2. The summed E-state index contributed by atoms with van der Waals surface area (Å²) in [6.45, 7) is 0.898. The van der Waals surface area contributed by atoms with Gasteiger partial charge in [0.1, 0.15) is 0 Å². The van der Waals surface area contributed by atoms with Crippen molar-refractivity contribution in [2.24, 2.45) is 11.7 Å². The summed E-state index contributed by atoms with van der Waals surface area (Å²) in [5, 5.41) is 3.42. The number of para-hydroxylation sites is 1. The first-order valence-electron chi connectivity index (χ1n) is 6.41. The van der Waals surface area contributed by atoms with E-state index < -0.39 is 0 Å². The van der Waals surface area contributed by atoms with Crippen LogP contribution in [0.2, 0.25) is 0 Å². The van der Waals surface area contributed by atoms with Crippen LogP contribution in [0.1, 0.15) is 32.1 Å². The summed E-state index contributed by atoms with van der Waals surface area (Å²) in [5.41, 5.74) is 7.41. The van der Waals surface area contributed by atoms with Crippen LogP contribution in [0.25, 0.3) is 0 Å². The summed E-state index contributed by atoms with van der Waals surface area (Å²) >= 11 is 0. The van der Waals surface area contributed by atoms with Crippen molar-refractivity contribution >= 4 is 5.69 Å². The van der Waals surface area contributed by atoms with Crippen molar-refractivity contribution in [1.29, 1.82) is 0 Å². The molecule has 0 aromatic heterocycles. The molecular weight excluding hydrogens is 196 g/mol. The zero-order chi connectivity index (χ0) is 11.2. The highest BCUT2D eigenvalue weighted by Gasteiger charge is 2.19. The Kier molecular flexibility index (Phi) is 4.23. The van der Waals surface area contributed by atoms with Gasteiger partial charge in [-0.25, -0.2) is 0 Å². The van der Waals surface area contributed by atoms with Crippen molar-refractivity contribution in [3.8, 4) is 0 Å². The molecule has 1 atom stereocenters. The smallest absolute Gasteiger partial charge is 0.0340 e. The molecule has 0 amide bonds. The Labute approximate surface area is 98.2 Å². The van der Waals surface area contributed by atoms with Gasteiger partial charge in [-0.05, 0) is 30.9 Å². The molecule has 2 nitrogen and oxygen atoms in total. The van der Waals surface area contributed by atoms with Gasteiger partial charge in [0.2, 0.25) is 0 Å². The fourth-order valence-corrected chi connectivity index (χ4v) is 2.52. The molecule has 0 bridgehead atoms. The molecule has 0 heterocycles. The summed E-state index contributed by atoms with van der Waals surface area (Å²) in [4.78, 5) is 0. The zero-order valence-electron chi connectivity index (χ0n) is 9.86. The Morgan fingerprint density at radius 1 is 1.12 bits per heavy atom. The fourth-order valence-electron chi connectivity index (χ4n) is 2.52. The first-order chi connectivity index (χ1) is 7.86. The molecule has 1 saturated carbocycles. The van der Waals surface area contributed by atoms with Crippen molar-refractivity contribution in [3.05, 3.63) is 30.3 Å². The van der Waals surface area contributed by atoms with Crippen LogP contribution in [0.4, 0.5) is 5.69 Å². The predicted octanol–water partition coefficient (Wildman–Crippen LogP) is 3.01. The van der Waals surface area contributed by atoms with E-state index in [2.05, 4.69) is 29.6 Å². The van der Waals surface area contributed by atoms with Crippen LogP contribution in [0.5, 0.6) is 0 Å². The van der Waals surface area contributed by atoms with E-state index in [1.807, 2.05) is 6.07 Å². The van der Waals surface area contributed by atoms with Crippen LogP contribution >= 0.6 is 0 Å². The lowest BCUT2D eigenvalue weighted by molar-refractivity contribution is 0.311. The van der Waals surface area contributed by atoms with Crippen molar-refractivity contribution in [2.45, 2.75) is 38.1 Å². The average molecular weight is 218 g/mol. The molecule has 0 spiro atoms. The summed E-state index contributed by atoms with van der Waals surface area (Å²) in [7, 11) is 0. The molecule has 1 aliphatic rings. The lowest BCUT2D eigenvalue weighted by atomic mass is 9.84. The number of hydrogen-bond acceptors (Lipinski definition) is 2. The Morgan fingerprint density at radius 2 is 1.81 bits per heavy atom. The van der Waals surface area contributed by atoms with Gasteiger partial charge in [-0.3, -0.25) is 0 Å². The summed E-state index contributed by atoms with van der Waals surface area (Å²) in [6.07, 6.45) is 6.76. The lowest BCUT2D eigenvalue weighted by Gasteiger charge is -2.27. The van der Waals surface area contributed by atoms with Gasteiger partial charge in [0, 0.05) is 18.3 Å². The normalized spacial score (nSPS) is 19.3. The maximum absolute atomic E-state index is 6.23. The number of nitrogens with one attached hydrogen (secondary N) is 1. The molecule has 0 saturated heterocycles. The van der Waals surface area contributed by atoms with Gasteiger partial charge < -0.3 is 11.1 Å². The summed E-state index contributed by atoms with van der Waals surface area (Å²) in [5.74, 6) is 0.727. The Hall–Kier alpha value is -1.02. The maximum Gasteiger partial charge on any atom is 0.0340 e. The summed E-state index contributed by atoms with van der Waals surface area (Å²) in [6, 6.07) is 10.6. The van der Waals surface area contributed by atoms with E-state index in [9.17, 15) is 0 Å². The molecule has 1 aliphatic carbocycles. The van der Waals surface area contributed by atoms with Crippen LogP contribution in [-0.2, 0) is 0 Å². The van der Waals surface area contributed by atoms with Gasteiger partial charge in [-0.2, -0.15) is 0 Å². The number of rotatable bonds is 4. The number of hydrogen-bond donors (Lipinski definition) is 2. The van der Waals surface area contributed by atoms with E-state index in [1.165, 1.54) is 37.8 Å². The van der Waals surface area contributed by atoms with E-state index in [1.54, 1.807) is 0 Å². The largest absolute Gasteiger partial charge is 0.383 e. The number of anilines is 1. The second-order valence-electron chi connectivity index (χ2n) is 4.81. The van der Waals surface area contributed by atoms with Crippen LogP contribution in [0.15, 0.2) is 30.3 Å². The van der Waals surface area contributed by atoms with Gasteiger partial charge >= 0.3 is 0 Å². The minimum absolute atomic E-state index is 0.306. The van der Waals surface area contributed by atoms with Crippen LogP contribution in [0.3, 0.4) is 0 Å². The van der Waals surface area contributed by atoms with E-state index >= 15 is 0 Å². The van der Waals surface area contributed by atoms with E-state index in [4.69, 9.17) is 5.73 Å². The van der Waals surface area contributed by atoms with Gasteiger partial charge in [0.15, 0.2) is 0 Å². The summed E-state index contributed by atoms with van der Waals surface area (Å²) < 4.78 is 0. The standard InChI is InChI=1S/C14H22N2/c15-14(12-7-3-1-4-8-12)11-16-13-9-5-2-6-10-13/h2,5-6,9-10,12,14,16H,1,3-4,7-8,11,15H2. The Bertz CT molecular complexity index is 291. The molecule has 1 fully saturated rings. The first kappa shape index (κ1) is 11.5. The molecule has 1 aromatic rings. The van der Waals surface area contributed by atoms with Crippen LogP contribution in [0, 0.1) is 5.92 Å². The van der Waals surface area contributed by atoms with Crippen molar-refractivity contribution in [1.82, 2.24) is 0 Å². The molecule has 1 aromatic carbocycles. The maximum atomic E-state index is 6.23. The number of benzene rings is 1. The molecule has 2 rings (SSSR count). The highest BCUT2D eigenvalue weighted by molar-refractivity contribution is 5.42. The molecule has 0 radical (unpaired) electrons. The first-order valence-corrected chi connectivity index (χ1v) is 6.41. The Balaban J connectivity index is 1.76. The molecule has 3 N–H and O–H groups in total. The molecule has 0 aliphatic heterocycles. The second-order valence-corrected chi connectivity index (χ2v) is 4.81. The predicted molar refractivity (Wildman–Crippen MR) is 69.5 cm³/mol. The SMILES string of the molecule is NC(CNc1ccccc1)C1CCCCC1. The van der Waals surface area contributed by atoms with Gasteiger partial charge in [-0.15, -0.1) is 0 Å². The zero-order valence-corrected chi connectivity index (χ0v) is 9.86. The van der Waals surface area contributed by atoms with Crippen LogP contribution in [-0.4, -0.2) is 12.6 Å². The minimum atomic E-state index is 0.306. The quantitative estimate of drug-likeness (QED) is 0.815. The van der Waals surface area contributed by atoms with Crippen LogP contribution < -0.4 is 11.1 Å². The topological polar surface area (TPSA) is 38.0 Å². The molecule has 88 valence electrons. The van der Waals surface area contributed by atoms with E-state index in [-0.39, 0.29) is 0 Å². The van der Waals surface area contributed by atoms with E-state index in [0.717, 1.165) is 12.5 Å². The van der Waals surface area contributed by atoms with Gasteiger partial charge in [0.05, 0.1) is 0 Å². The third-order valence-corrected chi connectivity index (χ3v) is 3.57. The average Bonchev–Trinajstić information content (AvgIpc) is 2.38. The van der Waals surface area contributed by atoms with E-state index in [0.29, 0.717) is 6.04 Å². The fraction of sp³-hybridized carbons (Fsp3) is 0.571.